The first-order valence-electron chi connectivity index (χ1n) is 8.91. The molecule has 25 heavy (non-hydrogen) atoms. The minimum Gasteiger partial charge on any atom is -0.490 e. The van der Waals surface area contributed by atoms with Crippen molar-refractivity contribution in [2.75, 3.05) is 26.3 Å². The van der Waals surface area contributed by atoms with Crippen LogP contribution >= 0.6 is 0 Å². The molecule has 0 spiro atoms. The lowest BCUT2D eigenvalue weighted by Gasteiger charge is -2.35. The molecular formula is C19H25NO5. The van der Waals surface area contributed by atoms with Crippen molar-refractivity contribution in [3.8, 4) is 5.75 Å². The van der Waals surface area contributed by atoms with Crippen molar-refractivity contribution in [2.24, 2.45) is 11.8 Å². The number of carbonyl (C=O) groups is 2. The van der Waals surface area contributed by atoms with Crippen LogP contribution < -0.4 is 4.74 Å². The van der Waals surface area contributed by atoms with Gasteiger partial charge in [0.25, 0.3) is 5.91 Å². The molecule has 1 aromatic carbocycles. The number of carbonyl (C=O) groups excluding carboxylic acids is 1. The van der Waals surface area contributed by atoms with Gasteiger partial charge in [-0.05, 0) is 36.6 Å². The molecule has 2 unspecified atom stereocenters. The van der Waals surface area contributed by atoms with Crippen molar-refractivity contribution in [1.82, 2.24) is 4.90 Å². The average Bonchev–Trinajstić information content (AvgIpc) is 2.62. The second kappa shape index (κ2) is 7.87. The van der Waals surface area contributed by atoms with Gasteiger partial charge in [-0.25, -0.2) is 0 Å². The Morgan fingerprint density at radius 1 is 1.16 bits per heavy atom. The topological polar surface area (TPSA) is 76.1 Å². The molecule has 0 saturated carbocycles. The summed E-state index contributed by atoms with van der Waals surface area (Å²) in [5.41, 5.74) is 0.611. The van der Waals surface area contributed by atoms with E-state index in [1.54, 1.807) is 17.0 Å². The fourth-order valence-electron chi connectivity index (χ4n) is 3.54. The maximum Gasteiger partial charge on any atom is 0.306 e. The van der Waals surface area contributed by atoms with Crippen molar-refractivity contribution in [2.45, 2.75) is 32.3 Å². The first-order chi connectivity index (χ1) is 12.0. The van der Waals surface area contributed by atoms with Crippen molar-refractivity contribution < 1.29 is 24.2 Å². The van der Waals surface area contributed by atoms with E-state index >= 15 is 0 Å². The highest BCUT2D eigenvalue weighted by molar-refractivity contribution is 5.94. The van der Waals surface area contributed by atoms with E-state index in [9.17, 15) is 14.7 Å². The second-order valence-electron chi connectivity index (χ2n) is 6.92. The Hall–Kier alpha value is -2.08. The third-order valence-corrected chi connectivity index (χ3v) is 5.08. The summed E-state index contributed by atoms with van der Waals surface area (Å²) in [5.74, 6) is -0.449. The molecule has 2 aliphatic heterocycles. The number of hydrogen-bond acceptors (Lipinski definition) is 4. The molecule has 2 atom stereocenters. The monoisotopic (exact) mass is 347 g/mol. The molecule has 2 aliphatic rings. The van der Waals surface area contributed by atoms with Crippen LogP contribution in [0.25, 0.3) is 0 Å². The number of carboxylic acid groups (broad SMARTS) is 1. The van der Waals surface area contributed by atoms with E-state index in [4.69, 9.17) is 9.47 Å². The van der Waals surface area contributed by atoms with Gasteiger partial charge in [0.15, 0.2) is 0 Å². The van der Waals surface area contributed by atoms with Crippen LogP contribution in [0.4, 0.5) is 0 Å². The number of aliphatic carboxylic acids is 1. The smallest absolute Gasteiger partial charge is 0.306 e. The summed E-state index contributed by atoms with van der Waals surface area (Å²) in [6, 6.07) is 7.22. The van der Waals surface area contributed by atoms with Crippen molar-refractivity contribution in [3.05, 3.63) is 29.8 Å². The van der Waals surface area contributed by atoms with Crippen LogP contribution in [-0.2, 0) is 9.53 Å². The summed E-state index contributed by atoms with van der Waals surface area (Å²) < 4.78 is 11.2. The third kappa shape index (κ3) is 4.31. The molecule has 136 valence electrons. The third-order valence-electron chi connectivity index (χ3n) is 5.08. The summed E-state index contributed by atoms with van der Waals surface area (Å²) in [5, 5.41) is 9.19. The van der Waals surface area contributed by atoms with Gasteiger partial charge in [0.05, 0.1) is 19.1 Å². The lowest BCUT2D eigenvalue weighted by Crippen LogP contribution is -2.45. The summed E-state index contributed by atoms with van der Waals surface area (Å²) >= 11 is 0. The Bertz CT molecular complexity index is 609. The highest BCUT2D eigenvalue weighted by Gasteiger charge is 2.33. The van der Waals surface area contributed by atoms with Gasteiger partial charge in [-0.1, -0.05) is 6.92 Å². The lowest BCUT2D eigenvalue weighted by molar-refractivity contribution is -0.145. The Morgan fingerprint density at radius 2 is 1.84 bits per heavy atom. The van der Waals surface area contributed by atoms with Crippen LogP contribution in [0.1, 0.15) is 36.5 Å². The van der Waals surface area contributed by atoms with Crippen LogP contribution in [0.15, 0.2) is 24.3 Å². The fraction of sp³-hybridized carbons (Fsp3) is 0.579. The number of hydrogen-bond donors (Lipinski definition) is 1. The fourth-order valence-corrected chi connectivity index (χ4v) is 3.54. The normalized spacial score (nSPS) is 24.8. The number of piperidine rings is 1. The van der Waals surface area contributed by atoms with E-state index < -0.39 is 5.97 Å². The second-order valence-corrected chi connectivity index (χ2v) is 6.92. The van der Waals surface area contributed by atoms with Gasteiger partial charge in [-0.15, -0.1) is 0 Å². The zero-order valence-corrected chi connectivity index (χ0v) is 14.5. The molecule has 1 amide bonds. The Kier molecular flexibility index (Phi) is 5.58. The Labute approximate surface area is 147 Å². The molecule has 3 rings (SSSR count). The number of amides is 1. The van der Waals surface area contributed by atoms with Gasteiger partial charge in [0, 0.05) is 31.5 Å². The SMILES string of the molecule is CC1CN(C(=O)c2ccc(OC3CCOCC3)cc2)CCC1C(=O)O. The van der Waals surface area contributed by atoms with Crippen LogP contribution in [0, 0.1) is 11.8 Å². The zero-order chi connectivity index (χ0) is 17.8. The maximum atomic E-state index is 12.6. The molecule has 1 N–H and O–H groups in total. The van der Waals surface area contributed by atoms with Gasteiger partial charge < -0.3 is 19.5 Å². The standard InChI is InChI=1S/C19H25NO5/c1-13-12-20(9-6-17(13)19(22)23)18(21)14-2-4-15(5-3-14)25-16-7-10-24-11-8-16/h2-5,13,16-17H,6-12H2,1H3,(H,22,23). The van der Waals surface area contributed by atoms with E-state index in [0.29, 0.717) is 25.1 Å². The van der Waals surface area contributed by atoms with Crippen LogP contribution in [-0.4, -0.2) is 54.3 Å². The summed E-state index contributed by atoms with van der Waals surface area (Å²) in [7, 11) is 0. The Balaban J connectivity index is 1.58. The van der Waals surface area contributed by atoms with Crippen LogP contribution in [0.3, 0.4) is 0 Å². The van der Waals surface area contributed by atoms with E-state index in [1.807, 2.05) is 19.1 Å². The van der Waals surface area contributed by atoms with Gasteiger partial charge >= 0.3 is 5.97 Å². The average molecular weight is 347 g/mol. The van der Waals surface area contributed by atoms with Gasteiger partial charge in [0.2, 0.25) is 0 Å². The number of nitrogens with zero attached hydrogens (tertiary/aromatic N) is 1. The molecule has 6 heteroatoms. The van der Waals surface area contributed by atoms with Crippen LogP contribution in [0.2, 0.25) is 0 Å². The minimum absolute atomic E-state index is 0.0358. The van der Waals surface area contributed by atoms with E-state index in [1.165, 1.54) is 0 Å². The molecule has 0 aliphatic carbocycles. The first-order valence-corrected chi connectivity index (χ1v) is 8.91. The van der Waals surface area contributed by atoms with Gasteiger partial charge in [-0.2, -0.15) is 0 Å². The van der Waals surface area contributed by atoms with E-state index in [0.717, 1.165) is 31.8 Å². The molecule has 2 saturated heterocycles. The Morgan fingerprint density at radius 3 is 2.44 bits per heavy atom. The number of benzene rings is 1. The molecule has 2 fully saturated rings. The largest absolute Gasteiger partial charge is 0.490 e. The van der Waals surface area contributed by atoms with Crippen molar-refractivity contribution >= 4 is 11.9 Å². The molecule has 1 aromatic rings. The van der Waals surface area contributed by atoms with E-state index in [2.05, 4.69) is 0 Å². The summed E-state index contributed by atoms with van der Waals surface area (Å²) in [4.78, 5) is 25.6. The summed E-state index contributed by atoms with van der Waals surface area (Å²) in [6.45, 7) is 4.32. The molecule has 0 bridgehead atoms. The highest BCUT2D eigenvalue weighted by Crippen LogP contribution is 2.25. The molecular weight excluding hydrogens is 322 g/mol. The molecule has 0 radical (unpaired) electrons. The molecule has 0 aromatic heterocycles. The first kappa shape index (κ1) is 17.7. The molecule has 2 heterocycles. The zero-order valence-electron chi connectivity index (χ0n) is 14.5. The number of likely N-dealkylation sites (tertiary alicyclic amines) is 1. The van der Waals surface area contributed by atoms with E-state index in [-0.39, 0.29) is 23.8 Å². The quantitative estimate of drug-likeness (QED) is 0.905. The predicted octanol–water partition coefficient (Wildman–Crippen LogP) is 2.43. The van der Waals surface area contributed by atoms with Crippen molar-refractivity contribution in [3.63, 3.8) is 0 Å². The number of rotatable bonds is 4. The summed E-state index contributed by atoms with van der Waals surface area (Å²) in [6.07, 6.45) is 2.45. The predicted molar refractivity (Wildman–Crippen MR) is 91.7 cm³/mol. The highest BCUT2D eigenvalue weighted by atomic mass is 16.5. The number of carboxylic acids is 1. The lowest BCUT2D eigenvalue weighted by atomic mass is 9.87. The van der Waals surface area contributed by atoms with Gasteiger partial charge in [0.1, 0.15) is 11.9 Å². The molecule has 6 nitrogen and oxygen atoms in total. The van der Waals surface area contributed by atoms with Crippen molar-refractivity contribution in [1.29, 1.82) is 0 Å². The number of ether oxygens (including phenoxy) is 2. The van der Waals surface area contributed by atoms with Gasteiger partial charge in [-0.3, -0.25) is 9.59 Å². The van der Waals surface area contributed by atoms with Crippen LogP contribution in [0.5, 0.6) is 5.75 Å². The minimum atomic E-state index is -0.769. The maximum absolute atomic E-state index is 12.6.